The lowest BCUT2D eigenvalue weighted by atomic mass is 9.99. The zero-order valence-corrected chi connectivity index (χ0v) is 18.8. The van der Waals surface area contributed by atoms with Crippen LogP contribution in [0.1, 0.15) is 22.0 Å². The third kappa shape index (κ3) is 4.04. The Morgan fingerprint density at radius 3 is 2.50 bits per heavy atom. The number of ketones is 1. The summed E-state index contributed by atoms with van der Waals surface area (Å²) in [5, 5.41) is 13.3. The number of aliphatic hydroxyl groups is 1. The fraction of sp³-hybridized carbons (Fsp3) is 0.208. The molecule has 1 fully saturated rings. The fourth-order valence-corrected chi connectivity index (χ4v) is 5.64. The van der Waals surface area contributed by atoms with Gasteiger partial charge in [-0.1, -0.05) is 53.8 Å². The average Bonchev–Trinajstić information content (AvgIpc) is 3.33. The lowest BCUT2D eigenvalue weighted by Gasteiger charge is -2.36. The van der Waals surface area contributed by atoms with Gasteiger partial charge in [0.05, 0.1) is 5.52 Å². The summed E-state index contributed by atoms with van der Waals surface area (Å²) in [5.74, 6) is -0.308. The van der Waals surface area contributed by atoms with Crippen LogP contribution in [0.5, 0.6) is 0 Å². The summed E-state index contributed by atoms with van der Waals surface area (Å²) in [6.45, 7) is 3.01. The van der Waals surface area contributed by atoms with Crippen LogP contribution in [0.4, 0.5) is 10.8 Å². The van der Waals surface area contributed by atoms with Crippen molar-refractivity contribution in [1.29, 1.82) is 0 Å². The lowest BCUT2D eigenvalue weighted by Crippen LogP contribution is -2.46. The van der Waals surface area contributed by atoms with E-state index in [1.54, 1.807) is 30.3 Å². The molecule has 0 spiro atoms. The van der Waals surface area contributed by atoms with Crippen LogP contribution in [0.2, 0.25) is 0 Å². The number of fused-ring (bicyclic) bond motifs is 1. The maximum absolute atomic E-state index is 12.6. The van der Waals surface area contributed by atoms with Crippen molar-refractivity contribution < 1.29 is 9.90 Å². The topological polar surface area (TPSA) is 73.7 Å². The Morgan fingerprint density at radius 1 is 0.969 bits per heavy atom. The van der Waals surface area contributed by atoms with E-state index in [0.29, 0.717) is 11.1 Å². The summed E-state index contributed by atoms with van der Waals surface area (Å²) in [7, 11) is 0. The van der Waals surface area contributed by atoms with Gasteiger partial charge in [-0.2, -0.15) is 0 Å². The summed E-state index contributed by atoms with van der Waals surface area (Å²) in [5.41, 5.74) is 2.81. The van der Waals surface area contributed by atoms with Gasteiger partial charge in [-0.25, -0.2) is 4.98 Å². The van der Waals surface area contributed by atoms with Crippen LogP contribution >= 0.6 is 22.7 Å². The molecule has 2 aromatic carbocycles. The molecule has 4 aromatic rings. The minimum absolute atomic E-state index is 0.0622. The maximum Gasteiger partial charge on any atom is 0.255 e. The second-order valence-electron chi connectivity index (χ2n) is 7.62. The van der Waals surface area contributed by atoms with Gasteiger partial charge in [0.2, 0.25) is 0 Å². The molecule has 162 valence electrons. The van der Waals surface area contributed by atoms with E-state index in [-0.39, 0.29) is 10.5 Å². The van der Waals surface area contributed by atoms with Gasteiger partial charge in [-0.3, -0.25) is 9.59 Å². The Morgan fingerprint density at radius 2 is 1.72 bits per heavy atom. The monoisotopic (exact) mass is 463 g/mol. The summed E-state index contributed by atoms with van der Waals surface area (Å²) >= 11 is 2.64. The molecular formula is C24H21N3O3S2. The first-order chi connectivity index (χ1) is 15.6. The van der Waals surface area contributed by atoms with E-state index in [4.69, 9.17) is 0 Å². The first-order valence-corrected chi connectivity index (χ1v) is 12.1. The molecule has 1 saturated heterocycles. The summed E-state index contributed by atoms with van der Waals surface area (Å²) in [4.78, 5) is 34.0. The maximum atomic E-state index is 12.6. The van der Waals surface area contributed by atoms with Crippen LogP contribution in [0.3, 0.4) is 0 Å². The van der Waals surface area contributed by atoms with Crippen LogP contribution < -0.4 is 14.5 Å². The molecule has 6 nitrogen and oxygen atoms in total. The Balaban J connectivity index is 1.29. The van der Waals surface area contributed by atoms with Crippen molar-refractivity contribution >= 4 is 49.5 Å². The summed E-state index contributed by atoms with van der Waals surface area (Å²) in [6.07, 6.45) is -1.20. The number of carbonyl (C=O) groups is 1. The second-order valence-corrected chi connectivity index (χ2v) is 9.48. The van der Waals surface area contributed by atoms with E-state index >= 15 is 0 Å². The van der Waals surface area contributed by atoms with Crippen molar-refractivity contribution in [2.24, 2.45) is 0 Å². The van der Waals surface area contributed by atoms with Crippen molar-refractivity contribution in [2.75, 3.05) is 36.0 Å². The van der Waals surface area contributed by atoms with Gasteiger partial charge in [0.1, 0.15) is 10.8 Å². The Kier molecular flexibility index (Phi) is 5.73. The minimum atomic E-state index is -1.20. The molecule has 8 heteroatoms. The van der Waals surface area contributed by atoms with E-state index in [9.17, 15) is 14.7 Å². The van der Waals surface area contributed by atoms with E-state index in [1.807, 2.05) is 35.7 Å². The Labute approximate surface area is 193 Å². The van der Waals surface area contributed by atoms with Gasteiger partial charge in [0, 0.05) is 37.4 Å². The number of thiophene rings is 1. The quantitative estimate of drug-likeness (QED) is 0.452. The number of nitrogens with zero attached hydrogens (tertiary/aromatic N) is 3. The number of hydrogen-bond acceptors (Lipinski definition) is 8. The molecule has 0 saturated carbocycles. The largest absolute Gasteiger partial charge is 0.380 e. The molecule has 0 bridgehead atoms. The normalized spacial score (nSPS) is 15.2. The highest BCUT2D eigenvalue weighted by molar-refractivity contribution is 7.21. The number of aliphatic hydroxyl groups excluding tert-OH is 1. The average molecular weight is 464 g/mol. The molecule has 5 rings (SSSR count). The fourth-order valence-electron chi connectivity index (χ4n) is 3.89. The zero-order chi connectivity index (χ0) is 22.1. The molecule has 1 aliphatic rings. The molecule has 1 N–H and O–H groups in total. The molecule has 1 aliphatic heterocycles. The smallest absolute Gasteiger partial charge is 0.255 e. The van der Waals surface area contributed by atoms with Gasteiger partial charge in [-0.15, -0.1) is 11.3 Å². The molecule has 32 heavy (non-hydrogen) atoms. The minimum Gasteiger partial charge on any atom is -0.380 e. The van der Waals surface area contributed by atoms with Crippen LogP contribution in [-0.4, -0.2) is 42.1 Å². The van der Waals surface area contributed by atoms with Gasteiger partial charge in [0.25, 0.3) is 4.74 Å². The van der Waals surface area contributed by atoms with Gasteiger partial charge in [0.15, 0.2) is 10.9 Å². The van der Waals surface area contributed by atoms with Crippen molar-refractivity contribution in [1.82, 2.24) is 4.98 Å². The predicted molar refractivity (Wildman–Crippen MR) is 130 cm³/mol. The predicted octanol–water partition coefficient (Wildman–Crippen LogP) is 3.96. The molecule has 1 unspecified atom stereocenters. The molecule has 0 radical (unpaired) electrons. The van der Waals surface area contributed by atoms with Crippen LogP contribution in [0, 0.1) is 0 Å². The molecule has 3 heterocycles. The number of Topliss-reactive ketones (excluding diaryl/α,β-unsaturated/α-hetero) is 1. The number of aromatic nitrogens is 1. The summed E-state index contributed by atoms with van der Waals surface area (Å²) in [6, 6.07) is 18.3. The SMILES string of the molecule is O=C(c1ccccc1)C(O)c1cccc(N2CCN(c3nc4ccsc4c(=O)s3)CC2)c1. The highest BCUT2D eigenvalue weighted by Gasteiger charge is 2.23. The molecular weight excluding hydrogens is 442 g/mol. The Bertz CT molecular complexity index is 1310. The van der Waals surface area contributed by atoms with Crippen molar-refractivity contribution in [3.8, 4) is 0 Å². The van der Waals surface area contributed by atoms with Crippen LogP contribution in [0.15, 0.2) is 70.8 Å². The van der Waals surface area contributed by atoms with Crippen molar-refractivity contribution in [3.05, 3.63) is 86.7 Å². The van der Waals surface area contributed by atoms with E-state index in [1.165, 1.54) is 22.7 Å². The van der Waals surface area contributed by atoms with E-state index in [2.05, 4.69) is 14.8 Å². The Hall–Kier alpha value is -3.07. The third-order valence-electron chi connectivity index (χ3n) is 5.64. The third-order valence-corrected chi connectivity index (χ3v) is 7.59. The highest BCUT2D eigenvalue weighted by atomic mass is 32.1. The van der Waals surface area contributed by atoms with Gasteiger partial charge < -0.3 is 14.9 Å². The zero-order valence-electron chi connectivity index (χ0n) is 17.2. The second kappa shape index (κ2) is 8.82. The van der Waals surface area contributed by atoms with E-state index < -0.39 is 6.10 Å². The van der Waals surface area contributed by atoms with E-state index in [0.717, 1.165) is 47.2 Å². The van der Waals surface area contributed by atoms with Gasteiger partial charge in [-0.05, 0) is 29.1 Å². The summed E-state index contributed by atoms with van der Waals surface area (Å²) < 4.78 is 0.782. The number of rotatable bonds is 5. The number of carbonyl (C=O) groups excluding carboxylic acids is 1. The number of piperazine rings is 1. The molecule has 2 aromatic heterocycles. The first-order valence-electron chi connectivity index (χ1n) is 10.4. The molecule has 0 amide bonds. The van der Waals surface area contributed by atoms with Crippen molar-refractivity contribution in [3.63, 3.8) is 0 Å². The number of benzene rings is 2. The van der Waals surface area contributed by atoms with Gasteiger partial charge >= 0.3 is 0 Å². The standard InChI is InChI=1S/C24H21N3O3S2/c28-20(16-5-2-1-3-6-16)21(29)17-7-4-8-18(15-17)26-10-12-27(13-11-26)24-25-19-9-14-31-22(19)23(30)32-24/h1-9,14-15,21,29H,10-13H2. The first kappa shape index (κ1) is 20.8. The number of hydrogen-bond donors (Lipinski definition) is 1. The van der Waals surface area contributed by atoms with Crippen LogP contribution in [0.25, 0.3) is 10.2 Å². The molecule has 0 aliphatic carbocycles. The number of anilines is 2. The lowest BCUT2D eigenvalue weighted by molar-refractivity contribution is 0.0747. The van der Waals surface area contributed by atoms with Crippen molar-refractivity contribution in [2.45, 2.75) is 6.10 Å². The molecule has 1 atom stereocenters. The highest BCUT2D eigenvalue weighted by Crippen LogP contribution is 2.27. The van der Waals surface area contributed by atoms with Crippen LogP contribution in [-0.2, 0) is 0 Å².